The van der Waals surface area contributed by atoms with Gasteiger partial charge in [0.05, 0.1) is 10.2 Å². The molecule has 0 N–H and O–H groups in total. The van der Waals surface area contributed by atoms with Crippen molar-refractivity contribution in [3.63, 3.8) is 0 Å². The Balaban J connectivity index is 1.97. The van der Waals surface area contributed by atoms with Crippen LogP contribution >= 0.6 is 23.1 Å². The van der Waals surface area contributed by atoms with Crippen LogP contribution in [0.3, 0.4) is 0 Å². The minimum absolute atomic E-state index is 0.429. The van der Waals surface area contributed by atoms with Gasteiger partial charge >= 0.3 is 5.97 Å². The van der Waals surface area contributed by atoms with Crippen molar-refractivity contribution >= 4 is 50.1 Å². The molecule has 3 aromatic carbocycles. The summed E-state index contributed by atoms with van der Waals surface area (Å²) in [6.07, 6.45) is 3.12. The van der Waals surface area contributed by atoms with E-state index in [1.165, 1.54) is 17.8 Å². The van der Waals surface area contributed by atoms with Crippen molar-refractivity contribution in [3.8, 4) is 10.6 Å². The average Bonchev–Trinajstić information content (AvgIpc) is 3.14. The molecule has 4 aromatic rings. The lowest BCUT2D eigenvalue weighted by Gasteiger charge is -2.19. The second-order valence-electron chi connectivity index (χ2n) is 5.95. The van der Waals surface area contributed by atoms with Gasteiger partial charge in [0.15, 0.2) is 5.44 Å². The summed E-state index contributed by atoms with van der Waals surface area (Å²) < 4.78 is 6.74. The Morgan fingerprint density at radius 3 is 2.70 bits per heavy atom. The molecule has 5 heteroatoms. The third kappa shape index (κ3) is 3.36. The molecule has 1 heterocycles. The fraction of sp³-hybridized carbons (Fsp3) is 0.0909. The Morgan fingerprint density at radius 1 is 1.15 bits per heavy atom. The fourth-order valence-electron chi connectivity index (χ4n) is 3.09. The number of rotatable bonds is 5. The smallest absolute Gasteiger partial charge is 0.331 e. The summed E-state index contributed by atoms with van der Waals surface area (Å²) in [5.74, 6) is -0.433. The van der Waals surface area contributed by atoms with Crippen LogP contribution in [0.25, 0.3) is 31.6 Å². The van der Waals surface area contributed by atoms with Crippen molar-refractivity contribution in [3.05, 3.63) is 78.9 Å². The van der Waals surface area contributed by atoms with Gasteiger partial charge in [-0.2, -0.15) is 0 Å². The molecule has 0 bridgehead atoms. The van der Waals surface area contributed by atoms with Crippen LogP contribution in [0.1, 0.15) is 11.0 Å². The minimum atomic E-state index is -0.433. The molecule has 0 aliphatic rings. The molecule has 0 saturated heterocycles. The quantitative estimate of drug-likeness (QED) is 0.230. The predicted octanol–water partition coefficient (Wildman–Crippen LogP) is 6.21. The first-order valence-electron chi connectivity index (χ1n) is 8.44. The SMILES string of the molecule is C=CC(=O)OC(SC)c1ccc2ccccc2c1-c1nc2ccccc2s1. The maximum atomic E-state index is 11.8. The van der Waals surface area contributed by atoms with Crippen molar-refractivity contribution in [1.29, 1.82) is 0 Å². The maximum Gasteiger partial charge on any atom is 0.331 e. The lowest BCUT2D eigenvalue weighted by molar-refractivity contribution is -0.139. The first-order valence-corrected chi connectivity index (χ1v) is 10.5. The molecule has 0 spiro atoms. The van der Waals surface area contributed by atoms with Gasteiger partial charge < -0.3 is 4.74 Å². The topological polar surface area (TPSA) is 39.2 Å². The first kappa shape index (κ1) is 17.8. The fourth-order valence-corrected chi connectivity index (χ4v) is 4.78. The van der Waals surface area contributed by atoms with Crippen LogP contribution in [0.15, 0.2) is 73.3 Å². The number of ether oxygens (including phenoxy) is 1. The number of hydrogen-bond donors (Lipinski definition) is 0. The predicted molar refractivity (Wildman–Crippen MR) is 115 cm³/mol. The molecule has 4 rings (SSSR count). The van der Waals surface area contributed by atoms with Gasteiger partial charge in [0.2, 0.25) is 0 Å². The van der Waals surface area contributed by atoms with Crippen molar-refractivity contribution < 1.29 is 9.53 Å². The van der Waals surface area contributed by atoms with Crippen molar-refractivity contribution in [2.75, 3.05) is 6.26 Å². The summed E-state index contributed by atoms with van der Waals surface area (Å²) in [5, 5.41) is 3.16. The number of thioether (sulfide) groups is 1. The van der Waals surface area contributed by atoms with Crippen LogP contribution in [0.4, 0.5) is 0 Å². The van der Waals surface area contributed by atoms with E-state index in [4.69, 9.17) is 9.72 Å². The van der Waals surface area contributed by atoms with E-state index in [-0.39, 0.29) is 0 Å². The number of thiazole rings is 1. The van der Waals surface area contributed by atoms with E-state index in [1.54, 1.807) is 11.3 Å². The van der Waals surface area contributed by atoms with Crippen molar-refractivity contribution in [2.24, 2.45) is 0 Å². The highest BCUT2D eigenvalue weighted by Gasteiger charge is 2.22. The van der Waals surface area contributed by atoms with Gasteiger partial charge in [-0.15, -0.1) is 23.1 Å². The third-order valence-electron chi connectivity index (χ3n) is 4.33. The Bertz CT molecular complexity index is 1120. The minimum Gasteiger partial charge on any atom is -0.443 e. The average molecular weight is 392 g/mol. The molecule has 1 unspecified atom stereocenters. The summed E-state index contributed by atoms with van der Waals surface area (Å²) in [6, 6.07) is 20.4. The summed E-state index contributed by atoms with van der Waals surface area (Å²) >= 11 is 3.13. The molecule has 1 aromatic heterocycles. The largest absolute Gasteiger partial charge is 0.443 e. The number of fused-ring (bicyclic) bond motifs is 2. The molecule has 0 saturated carbocycles. The second kappa shape index (κ2) is 7.55. The van der Waals surface area contributed by atoms with E-state index >= 15 is 0 Å². The van der Waals surface area contributed by atoms with E-state index < -0.39 is 11.4 Å². The summed E-state index contributed by atoms with van der Waals surface area (Å²) in [4.78, 5) is 16.7. The molecular weight excluding hydrogens is 374 g/mol. The zero-order chi connectivity index (χ0) is 18.8. The molecule has 0 aliphatic heterocycles. The zero-order valence-corrected chi connectivity index (χ0v) is 16.3. The van der Waals surface area contributed by atoms with Gasteiger partial charge in [-0.1, -0.05) is 55.1 Å². The van der Waals surface area contributed by atoms with Crippen LogP contribution in [-0.4, -0.2) is 17.2 Å². The monoisotopic (exact) mass is 391 g/mol. The van der Waals surface area contributed by atoms with E-state index in [0.717, 1.165) is 37.1 Å². The molecule has 27 heavy (non-hydrogen) atoms. The number of carbonyl (C=O) groups excluding carboxylic acids is 1. The standard InChI is InChI=1S/C22H17NO2S2/c1-3-19(24)25-22(26-2)16-13-12-14-8-4-5-9-15(14)20(16)21-23-17-10-6-7-11-18(17)27-21/h3-13,22H,1H2,2H3. The number of carbonyl (C=O) groups is 1. The molecule has 1 atom stereocenters. The molecule has 0 radical (unpaired) electrons. The van der Waals surface area contributed by atoms with E-state index in [0.29, 0.717) is 0 Å². The van der Waals surface area contributed by atoms with Crippen LogP contribution < -0.4 is 0 Å². The van der Waals surface area contributed by atoms with Gasteiger partial charge in [0, 0.05) is 17.2 Å². The summed E-state index contributed by atoms with van der Waals surface area (Å²) in [6.45, 7) is 3.51. The molecule has 0 aliphatic carbocycles. The number of para-hydroxylation sites is 1. The lowest BCUT2D eigenvalue weighted by atomic mass is 9.99. The second-order valence-corrected chi connectivity index (χ2v) is 7.88. The van der Waals surface area contributed by atoms with Gasteiger partial charge in [-0.25, -0.2) is 9.78 Å². The van der Waals surface area contributed by atoms with E-state index in [1.807, 2.05) is 42.7 Å². The van der Waals surface area contributed by atoms with Crippen LogP contribution in [0.2, 0.25) is 0 Å². The van der Waals surface area contributed by atoms with Gasteiger partial charge in [0.25, 0.3) is 0 Å². The molecule has 0 fully saturated rings. The van der Waals surface area contributed by atoms with Gasteiger partial charge in [-0.05, 0) is 29.2 Å². The maximum absolute atomic E-state index is 11.8. The van der Waals surface area contributed by atoms with Gasteiger partial charge in [-0.3, -0.25) is 0 Å². The molecular formula is C22H17NO2S2. The Hall–Kier alpha value is -2.63. The van der Waals surface area contributed by atoms with E-state index in [2.05, 4.69) is 30.8 Å². The highest BCUT2D eigenvalue weighted by Crippen LogP contribution is 2.42. The number of benzene rings is 3. The van der Waals surface area contributed by atoms with Crippen LogP contribution in [0, 0.1) is 0 Å². The number of aromatic nitrogens is 1. The van der Waals surface area contributed by atoms with Crippen molar-refractivity contribution in [2.45, 2.75) is 5.44 Å². The Morgan fingerprint density at radius 2 is 1.93 bits per heavy atom. The third-order valence-corrected chi connectivity index (χ3v) is 6.16. The summed E-state index contributed by atoms with van der Waals surface area (Å²) in [5.41, 5.74) is 2.50. The number of nitrogens with zero attached hydrogens (tertiary/aromatic N) is 1. The summed E-state index contributed by atoms with van der Waals surface area (Å²) in [7, 11) is 0. The normalized spacial score (nSPS) is 12.2. The Kier molecular flexibility index (Phi) is 4.97. The highest BCUT2D eigenvalue weighted by molar-refractivity contribution is 7.98. The van der Waals surface area contributed by atoms with Gasteiger partial charge in [0.1, 0.15) is 5.01 Å². The molecule has 3 nitrogen and oxygen atoms in total. The lowest BCUT2D eigenvalue weighted by Crippen LogP contribution is -2.07. The zero-order valence-electron chi connectivity index (χ0n) is 14.7. The van der Waals surface area contributed by atoms with Crippen LogP contribution in [-0.2, 0) is 9.53 Å². The number of hydrogen-bond acceptors (Lipinski definition) is 5. The van der Waals surface area contributed by atoms with E-state index in [9.17, 15) is 4.79 Å². The highest BCUT2D eigenvalue weighted by atomic mass is 32.2. The number of esters is 1. The molecule has 0 amide bonds. The molecule has 134 valence electrons. The van der Waals surface area contributed by atoms with Crippen molar-refractivity contribution in [1.82, 2.24) is 4.98 Å². The first-order chi connectivity index (χ1) is 13.2. The Labute approximate surface area is 165 Å². The van der Waals surface area contributed by atoms with Crippen LogP contribution in [0.5, 0.6) is 0 Å².